The van der Waals surface area contributed by atoms with Crippen molar-refractivity contribution in [1.29, 1.82) is 0 Å². The third-order valence-electron chi connectivity index (χ3n) is 3.01. The van der Waals surface area contributed by atoms with E-state index in [1.165, 1.54) is 6.07 Å². The quantitative estimate of drug-likeness (QED) is 0.804. The van der Waals surface area contributed by atoms with E-state index in [9.17, 15) is 9.59 Å². The first-order chi connectivity index (χ1) is 10.6. The molecule has 22 heavy (non-hydrogen) atoms. The third-order valence-corrected chi connectivity index (χ3v) is 3.01. The fraction of sp³-hybridized carbons (Fsp3) is 0.176. The molecule has 2 rings (SSSR count). The predicted octanol–water partition coefficient (Wildman–Crippen LogP) is 2.51. The van der Waals surface area contributed by atoms with Gasteiger partial charge in [-0.15, -0.1) is 0 Å². The highest BCUT2D eigenvalue weighted by molar-refractivity contribution is 6.05. The van der Waals surface area contributed by atoms with Crippen molar-refractivity contribution < 1.29 is 19.4 Å². The Labute approximate surface area is 128 Å². The minimum absolute atomic E-state index is 0.281. The molecule has 2 aromatic carbocycles. The molecule has 114 valence electrons. The second-order valence-electron chi connectivity index (χ2n) is 4.57. The lowest BCUT2D eigenvalue weighted by atomic mass is 10.1. The summed E-state index contributed by atoms with van der Waals surface area (Å²) in [5, 5.41) is 11.6. The zero-order valence-electron chi connectivity index (χ0n) is 12.2. The van der Waals surface area contributed by atoms with E-state index in [0.717, 1.165) is 0 Å². The van der Waals surface area contributed by atoms with Crippen LogP contribution in [0.4, 0.5) is 5.69 Å². The van der Waals surface area contributed by atoms with E-state index < -0.39 is 12.4 Å². The minimum Gasteiger partial charge on any atom is -0.494 e. The van der Waals surface area contributed by atoms with Gasteiger partial charge < -0.3 is 15.2 Å². The molecular formula is C17H17NO4. The topological polar surface area (TPSA) is 75.6 Å². The Bertz CT molecular complexity index is 665. The molecule has 0 aliphatic rings. The van der Waals surface area contributed by atoms with Crippen LogP contribution in [-0.4, -0.2) is 30.0 Å². The van der Waals surface area contributed by atoms with Crippen LogP contribution in [0.15, 0.2) is 48.5 Å². The van der Waals surface area contributed by atoms with Crippen LogP contribution in [0.5, 0.6) is 5.75 Å². The molecule has 2 N–H and O–H groups in total. The minimum atomic E-state index is -0.559. The molecule has 0 saturated heterocycles. The van der Waals surface area contributed by atoms with Gasteiger partial charge in [0.15, 0.2) is 5.78 Å². The molecule has 0 unspecified atom stereocenters. The monoisotopic (exact) mass is 299 g/mol. The first-order valence-corrected chi connectivity index (χ1v) is 6.92. The number of hydrogen-bond donors (Lipinski definition) is 2. The third kappa shape index (κ3) is 3.93. The number of ketones is 1. The summed E-state index contributed by atoms with van der Waals surface area (Å²) in [5.74, 6) is 0.0309. The van der Waals surface area contributed by atoms with E-state index in [0.29, 0.717) is 29.2 Å². The summed E-state index contributed by atoms with van der Waals surface area (Å²) in [5.41, 5.74) is 1.34. The maximum absolute atomic E-state index is 12.1. The van der Waals surface area contributed by atoms with Crippen molar-refractivity contribution in [2.24, 2.45) is 0 Å². The molecule has 2 aromatic rings. The molecular weight excluding hydrogens is 282 g/mol. The summed E-state index contributed by atoms with van der Waals surface area (Å²) in [4.78, 5) is 23.6. The molecule has 0 spiro atoms. The Balaban J connectivity index is 2.09. The molecule has 0 heterocycles. The number of hydrogen-bond acceptors (Lipinski definition) is 4. The van der Waals surface area contributed by atoms with Crippen molar-refractivity contribution in [1.82, 2.24) is 0 Å². The second-order valence-corrected chi connectivity index (χ2v) is 4.57. The van der Waals surface area contributed by atoms with E-state index in [2.05, 4.69) is 5.32 Å². The fourth-order valence-corrected chi connectivity index (χ4v) is 1.93. The smallest absolute Gasteiger partial charge is 0.255 e. The molecule has 0 radical (unpaired) electrons. The summed E-state index contributed by atoms with van der Waals surface area (Å²) in [6, 6.07) is 13.2. The van der Waals surface area contributed by atoms with Gasteiger partial charge in [-0.25, -0.2) is 0 Å². The zero-order valence-corrected chi connectivity index (χ0v) is 12.2. The molecule has 0 aliphatic carbocycles. The largest absolute Gasteiger partial charge is 0.494 e. The molecule has 0 aromatic heterocycles. The van der Waals surface area contributed by atoms with Crippen LogP contribution in [0, 0.1) is 0 Å². The van der Waals surface area contributed by atoms with Crippen LogP contribution < -0.4 is 10.1 Å². The molecule has 0 atom stereocenters. The maximum atomic E-state index is 12.1. The van der Waals surface area contributed by atoms with Crippen molar-refractivity contribution in [2.75, 3.05) is 18.5 Å². The van der Waals surface area contributed by atoms with Crippen LogP contribution in [0.1, 0.15) is 27.6 Å². The van der Waals surface area contributed by atoms with Gasteiger partial charge >= 0.3 is 0 Å². The van der Waals surface area contributed by atoms with Gasteiger partial charge in [0.1, 0.15) is 12.4 Å². The number of Topliss-reactive ketones (excluding diaryl/α,β-unsaturated/α-hetero) is 1. The lowest BCUT2D eigenvalue weighted by Gasteiger charge is -2.08. The van der Waals surface area contributed by atoms with Gasteiger partial charge in [-0.3, -0.25) is 9.59 Å². The Morgan fingerprint density at radius 1 is 1.09 bits per heavy atom. The molecule has 0 saturated carbocycles. The van der Waals surface area contributed by atoms with Crippen LogP contribution in [0.2, 0.25) is 0 Å². The number of ether oxygens (including phenoxy) is 1. The van der Waals surface area contributed by atoms with E-state index in [4.69, 9.17) is 9.84 Å². The summed E-state index contributed by atoms with van der Waals surface area (Å²) >= 11 is 0. The molecule has 1 amide bonds. The van der Waals surface area contributed by atoms with Gasteiger partial charge in [0.2, 0.25) is 0 Å². The Kier molecular flexibility index (Phi) is 5.27. The zero-order chi connectivity index (χ0) is 15.9. The van der Waals surface area contributed by atoms with E-state index in [-0.39, 0.29) is 5.91 Å². The van der Waals surface area contributed by atoms with Crippen molar-refractivity contribution in [2.45, 2.75) is 6.92 Å². The van der Waals surface area contributed by atoms with Gasteiger partial charge in [-0.05, 0) is 43.3 Å². The Morgan fingerprint density at radius 2 is 1.82 bits per heavy atom. The molecule has 0 bridgehead atoms. The molecule has 0 aliphatic heterocycles. The Hall–Kier alpha value is -2.66. The average molecular weight is 299 g/mol. The number of aliphatic hydroxyl groups excluding tert-OH is 1. The number of carbonyl (C=O) groups is 2. The summed E-state index contributed by atoms with van der Waals surface area (Å²) in [6.45, 7) is 1.90. The number of rotatable bonds is 6. The number of aliphatic hydroxyl groups is 1. The van der Waals surface area contributed by atoms with Gasteiger partial charge in [-0.2, -0.15) is 0 Å². The first-order valence-electron chi connectivity index (χ1n) is 6.92. The van der Waals surface area contributed by atoms with Gasteiger partial charge in [0.25, 0.3) is 5.91 Å². The van der Waals surface area contributed by atoms with Gasteiger partial charge in [0, 0.05) is 16.8 Å². The Morgan fingerprint density at radius 3 is 2.45 bits per heavy atom. The van der Waals surface area contributed by atoms with Crippen molar-refractivity contribution in [3.8, 4) is 5.75 Å². The lowest BCUT2D eigenvalue weighted by Crippen LogP contribution is -2.12. The van der Waals surface area contributed by atoms with Crippen LogP contribution in [-0.2, 0) is 0 Å². The van der Waals surface area contributed by atoms with Crippen LogP contribution in [0.3, 0.4) is 0 Å². The number of nitrogens with one attached hydrogen (secondary N) is 1. The summed E-state index contributed by atoms with van der Waals surface area (Å²) in [7, 11) is 0. The standard InChI is InChI=1S/C17H17NO4/c1-2-22-15-8-6-12(7-9-15)17(21)18-14-5-3-4-13(10-14)16(20)11-19/h3-10,19H,2,11H2,1H3,(H,18,21). The number of amides is 1. The normalized spacial score (nSPS) is 10.1. The van der Waals surface area contributed by atoms with Crippen molar-refractivity contribution in [3.05, 3.63) is 59.7 Å². The number of carbonyl (C=O) groups excluding carboxylic acids is 2. The van der Waals surface area contributed by atoms with E-state index in [1.54, 1.807) is 42.5 Å². The first kappa shape index (κ1) is 15.7. The van der Waals surface area contributed by atoms with Gasteiger partial charge in [0.05, 0.1) is 6.61 Å². The van der Waals surface area contributed by atoms with E-state index >= 15 is 0 Å². The van der Waals surface area contributed by atoms with E-state index in [1.807, 2.05) is 6.92 Å². The fourth-order valence-electron chi connectivity index (χ4n) is 1.93. The van der Waals surface area contributed by atoms with Crippen LogP contribution >= 0.6 is 0 Å². The lowest BCUT2D eigenvalue weighted by molar-refractivity contribution is 0.0903. The highest BCUT2D eigenvalue weighted by Crippen LogP contribution is 2.15. The number of anilines is 1. The molecule has 0 fully saturated rings. The average Bonchev–Trinajstić information content (AvgIpc) is 2.55. The number of benzene rings is 2. The van der Waals surface area contributed by atoms with Crippen LogP contribution in [0.25, 0.3) is 0 Å². The SMILES string of the molecule is CCOc1ccc(C(=O)Nc2cccc(C(=O)CO)c2)cc1. The van der Waals surface area contributed by atoms with Gasteiger partial charge in [-0.1, -0.05) is 12.1 Å². The molecule has 5 heteroatoms. The summed E-state index contributed by atoms with van der Waals surface area (Å²) in [6.07, 6.45) is 0. The van der Waals surface area contributed by atoms with Crippen molar-refractivity contribution >= 4 is 17.4 Å². The summed E-state index contributed by atoms with van der Waals surface area (Å²) < 4.78 is 5.32. The highest BCUT2D eigenvalue weighted by atomic mass is 16.5. The second kappa shape index (κ2) is 7.38. The predicted molar refractivity (Wildman–Crippen MR) is 83.4 cm³/mol. The molecule has 5 nitrogen and oxygen atoms in total. The highest BCUT2D eigenvalue weighted by Gasteiger charge is 2.09. The van der Waals surface area contributed by atoms with Crippen molar-refractivity contribution in [3.63, 3.8) is 0 Å². The maximum Gasteiger partial charge on any atom is 0.255 e.